The van der Waals surface area contributed by atoms with Crippen molar-refractivity contribution in [3.05, 3.63) is 131 Å². The lowest BCUT2D eigenvalue weighted by molar-refractivity contribution is 0.414. The van der Waals surface area contributed by atoms with Crippen molar-refractivity contribution in [3.63, 3.8) is 0 Å². The maximum absolute atomic E-state index is 5.71. The van der Waals surface area contributed by atoms with Gasteiger partial charge in [-0.05, 0) is 68.1 Å². The van der Waals surface area contributed by atoms with Gasteiger partial charge in [0, 0.05) is 0 Å². The number of hydrogen-bond acceptors (Lipinski definition) is 2. The summed E-state index contributed by atoms with van der Waals surface area (Å²) in [6, 6.07) is 41.4. The van der Waals surface area contributed by atoms with Gasteiger partial charge in [-0.3, -0.25) is 0 Å². The Balaban J connectivity index is 1.96. The Hall–Kier alpha value is -3.82. The molecule has 186 valence electrons. The van der Waals surface area contributed by atoms with Crippen LogP contribution in [-0.4, -0.2) is 22.3 Å². The summed E-state index contributed by atoms with van der Waals surface area (Å²) in [6.07, 6.45) is 0. The van der Waals surface area contributed by atoms with Crippen LogP contribution in [0.4, 0.5) is 0 Å². The average Bonchev–Trinajstić information content (AvgIpc) is 3.29. The van der Waals surface area contributed by atoms with E-state index in [9.17, 15) is 0 Å². The van der Waals surface area contributed by atoms with Crippen molar-refractivity contribution in [2.24, 2.45) is 0 Å². The van der Waals surface area contributed by atoms with Crippen molar-refractivity contribution < 1.29 is 9.47 Å². The number of ether oxygens (including phenoxy) is 2. The van der Waals surface area contributed by atoms with E-state index in [1.54, 1.807) is 14.2 Å². The second-order valence-electron chi connectivity index (χ2n) is 9.49. The Labute approximate surface area is 221 Å². The van der Waals surface area contributed by atoms with Gasteiger partial charge in [-0.1, -0.05) is 111 Å². The van der Waals surface area contributed by atoms with Crippen molar-refractivity contribution in [1.82, 2.24) is 0 Å². The first kappa shape index (κ1) is 24.9. The van der Waals surface area contributed by atoms with Gasteiger partial charge < -0.3 is 9.47 Å². The summed E-state index contributed by atoms with van der Waals surface area (Å²) < 4.78 is 11.4. The van der Waals surface area contributed by atoms with Crippen LogP contribution >= 0.6 is 0 Å². The molecule has 0 amide bonds. The number of hydrogen-bond donors (Lipinski definition) is 0. The lowest BCUT2D eigenvalue weighted by atomic mass is 9.89. The Morgan fingerprint density at radius 1 is 0.486 bits per heavy atom. The highest BCUT2D eigenvalue weighted by Gasteiger charge is 2.48. The molecule has 0 bridgehead atoms. The highest BCUT2D eigenvalue weighted by molar-refractivity contribution is 7.14. The minimum Gasteiger partial charge on any atom is -0.497 e. The molecule has 4 aromatic rings. The summed E-state index contributed by atoms with van der Waals surface area (Å²) >= 11 is 0. The molecule has 3 heteroatoms. The Morgan fingerprint density at radius 2 is 0.865 bits per heavy atom. The summed E-state index contributed by atoms with van der Waals surface area (Å²) in [5.74, 6) is 1.78. The zero-order chi connectivity index (χ0) is 25.8. The maximum atomic E-state index is 5.71. The molecule has 0 aliphatic carbocycles. The molecule has 0 unspecified atom stereocenters. The summed E-state index contributed by atoms with van der Waals surface area (Å²) in [4.78, 5) is 0. The molecule has 37 heavy (non-hydrogen) atoms. The summed E-state index contributed by atoms with van der Waals surface area (Å²) in [5.41, 5.74) is 7.76. The largest absolute Gasteiger partial charge is 0.497 e. The molecule has 0 saturated heterocycles. The van der Waals surface area contributed by atoms with E-state index < -0.39 is 8.07 Å². The van der Waals surface area contributed by atoms with Crippen LogP contribution in [0.5, 0.6) is 11.5 Å². The van der Waals surface area contributed by atoms with Gasteiger partial charge in [0.1, 0.15) is 19.6 Å². The van der Waals surface area contributed by atoms with Crippen molar-refractivity contribution in [3.8, 4) is 11.5 Å². The van der Waals surface area contributed by atoms with E-state index in [0.717, 1.165) is 23.6 Å². The van der Waals surface area contributed by atoms with Gasteiger partial charge in [-0.15, -0.1) is 0 Å². The molecule has 0 aromatic heterocycles. The third kappa shape index (κ3) is 4.34. The van der Waals surface area contributed by atoms with Crippen molar-refractivity contribution in [2.75, 3.05) is 14.2 Å². The highest BCUT2D eigenvalue weighted by Crippen LogP contribution is 2.58. The van der Waals surface area contributed by atoms with Gasteiger partial charge >= 0.3 is 0 Å². The zero-order valence-corrected chi connectivity index (χ0v) is 23.1. The Bertz CT molecular complexity index is 1340. The number of rotatable bonds is 8. The van der Waals surface area contributed by atoms with Gasteiger partial charge in [0.25, 0.3) is 0 Å². The molecule has 1 aliphatic rings. The Kier molecular flexibility index (Phi) is 7.16. The normalized spacial score (nSPS) is 14.7. The second-order valence-corrected chi connectivity index (χ2v) is 14.1. The molecule has 0 fully saturated rings. The predicted octanol–water partition coefficient (Wildman–Crippen LogP) is 8.81. The van der Waals surface area contributed by atoms with Crippen LogP contribution in [0.3, 0.4) is 0 Å². The molecule has 0 radical (unpaired) electrons. The number of benzene rings is 4. The summed E-state index contributed by atoms with van der Waals surface area (Å²) in [7, 11) is 1.26. The van der Waals surface area contributed by atoms with Gasteiger partial charge in [0.15, 0.2) is 0 Å². The van der Waals surface area contributed by atoms with E-state index in [4.69, 9.17) is 9.47 Å². The minimum absolute atomic E-state index is 0.892. The Morgan fingerprint density at radius 3 is 1.22 bits per heavy atom. The van der Waals surface area contributed by atoms with E-state index in [1.807, 2.05) is 12.1 Å². The molecule has 1 heterocycles. The lowest BCUT2D eigenvalue weighted by Crippen LogP contribution is -2.35. The van der Waals surface area contributed by atoms with Crippen LogP contribution in [0.15, 0.2) is 109 Å². The highest BCUT2D eigenvalue weighted by atomic mass is 28.3. The molecule has 2 nitrogen and oxygen atoms in total. The van der Waals surface area contributed by atoms with Gasteiger partial charge in [0.2, 0.25) is 0 Å². The first-order chi connectivity index (χ1) is 18.2. The summed E-state index contributed by atoms with van der Waals surface area (Å²) in [5, 5.41) is 3.00. The molecule has 0 spiro atoms. The SMILES string of the molecule is CC[Si]1(CC)C(c2cccc(OC)c2)=C(c2ccccc2)C(c2ccccc2)=C1c1cccc(OC)c1. The van der Waals surface area contributed by atoms with Gasteiger partial charge in [-0.2, -0.15) is 0 Å². The molecule has 1 aliphatic heterocycles. The van der Waals surface area contributed by atoms with Crippen LogP contribution < -0.4 is 9.47 Å². The van der Waals surface area contributed by atoms with E-state index in [1.165, 1.54) is 43.8 Å². The topological polar surface area (TPSA) is 18.5 Å². The van der Waals surface area contributed by atoms with Crippen LogP contribution in [0.25, 0.3) is 21.5 Å². The summed E-state index contributed by atoms with van der Waals surface area (Å²) in [6.45, 7) is 4.76. The smallest absolute Gasteiger partial charge is 0.120 e. The average molecular weight is 503 g/mol. The fourth-order valence-corrected chi connectivity index (χ4v) is 11.1. The second kappa shape index (κ2) is 10.7. The predicted molar refractivity (Wildman–Crippen MR) is 159 cm³/mol. The van der Waals surface area contributed by atoms with Crippen LogP contribution in [0.2, 0.25) is 12.1 Å². The lowest BCUT2D eigenvalue weighted by Gasteiger charge is -2.33. The van der Waals surface area contributed by atoms with Crippen molar-refractivity contribution in [1.29, 1.82) is 0 Å². The third-order valence-corrected chi connectivity index (χ3v) is 13.2. The first-order valence-corrected chi connectivity index (χ1v) is 15.5. The molecular formula is C34H34O2Si. The number of methoxy groups -OCH3 is 2. The first-order valence-electron chi connectivity index (χ1n) is 13.1. The molecule has 5 rings (SSSR count). The number of allylic oxidation sites excluding steroid dienone is 2. The van der Waals surface area contributed by atoms with E-state index in [0.29, 0.717) is 0 Å². The molecule has 4 aromatic carbocycles. The monoisotopic (exact) mass is 502 g/mol. The van der Waals surface area contributed by atoms with Crippen LogP contribution in [0.1, 0.15) is 36.1 Å². The fourth-order valence-electron chi connectivity index (χ4n) is 6.00. The quantitative estimate of drug-likeness (QED) is 0.224. The standard InChI is InChI=1S/C34H34O2Si/c1-5-37(6-2)33(27-19-13-21-29(23-27)35-3)31(25-15-9-7-10-16-25)32(26-17-11-8-12-18-26)34(37)28-20-14-22-30(24-28)36-4/h7-24H,5-6H2,1-4H3. The zero-order valence-electron chi connectivity index (χ0n) is 22.1. The van der Waals surface area contributed by atoms with E-state index >= 15 is 0 Å². The van der Waals surface area contributed by atoms with Crippen LogP contribution in [-0.2, 0) is 0 Å². The molecule has 0 saturated carbocycles. The van der Waals surface area contributed by atoms with Gasteiger partial charge in [-0.25, -0.2) is 0 Å². The van der Waals surface area contributed by atoms with Gasteiger partial charge in [0.05, 0.1) is 14.2 Å². The van der Waals surface area contributed by atoms with Crippen LogP contribution in [0, 0.1) is 0 Å². The minimum atomic E-state index is -2.24. The third-order valence-electron chi connectivity index (χ3n) is 7.76. The maximum Gasteiger partial charge on any atom is 0.120 e. The molecular weight excluding hydrogens is 468 g/mol. The van der Waals surface area contributed by atoms with E-state index in [2.05, 4.69) is 111 Å². The molecule has 0 atom stereocenters. The fraction of sp³-hybridized carbons (Fsp3) is 0.176. The van der Waals surface area contributed by atoms with Crippen molar-refractivity contribution >= 4 is 29.6 Å². The van der Waals surface area contributed by atoms with Crippen molar-refractivity contribution in [2.45, 2.75) is 25.9 Å². The van der Waals surface area contributed by atoms with E-state index in [-0.39, 0.29) is 0 Å². The molecule has 0 N–H and O–H groups in total.